The van der Waals surface area contributed by atoms with Gasteiger partial charge in [-0.1, -0.05) is 30.3 Å². The summed E-state index contributed by atoms with van der Waals surface area (Å²) in [6.07, 6.45) is 2.93. The lowest BCUT2D eigenvalue weighted by atomic mass is 10.1. The van der Waals surface area contributed by atoms with Crippen LogP contribution in [0.15, 0.2) is 53.4 Å². The summed E-state index contributed by atoms with van der Waals surface area (Å²) in [5.41, 5.74) is 1.71. The van der Waals surface area contributed by atoms with Crippen molar-refractivity contribution in [1.82, 2.24) is 30.0 Å². The molecule has 1 aromatic carbocycles. The van der Waals surface area contributed by atoms with Crippen LogP contribution in [0.4, 0.5) is 0 Å². The highest BCUT2D eigenvalue weighted by Crippen LogP contribution is 2.26. The second kappa shape index (κ2) is 7.40. The van der Waals surface area contributed by atoms with E-state index in [2.05, 4.69) is 15.5 Å². The summed E-state index contributed by atoms with van der Waals surface area (Å²) < 4.78 is 6.87. The van der Waals surface area contributed by atoms with Crippen molar-refractivity contribution in [3.63, 3.8) is 0 Å². The zero-order valence-corrected chi connectivity index (χ0v) is 14.6. The Morgan fingerprint density at radius 1 is 1.00 bits per heavy atom. The predicted octanol–water partition coefficient (Wildman–Crippen LogP) is 0.918. The van der Waals surface area contributed by atoms with Gasteiger partial charge in [0.05, 0.1) is 6.26 Å². The highest BCUT2D eigenvalue weighted by molar-refractivity contribution is 5.98. The smallest absolute Gasteiger partial charge is 0.290 e. The van der Waals surface area contributed by atoms with Crippen molar-refractivity contribution in [2.24, 2.45) is 0 Å². The number of tetrazole rings is 1. The molecule has 3 aromatic rings. The van der Waals surface area contributed by atoms with Crippen LogP contribution in [0.5, 0.6) is 0 Å². The molecule has 0 N–H and O–H groups in total. The summed E-state index contributed by atoms with van der Waals surface area (Å²) in [6, 6.07) is 11.5. The van der Waals surface area contributed by atoms with Gasteiger partial charge in [-0.05, 0) is 22.1 Å². The number of benzene rings is 1. The van der Waals surface area contributed by atoms with Crippen LogP contribution in [0, 0.1) is 0 Å². The first-order chi connectivity index (χ1) is 13.2. The molecule has 27 heavy (non-hydrogen) atoms. The molecule has 1 fully saturated rings. The summed E-state index contributed by atoms with van der Waals surface area (Å²) in [4.78, 5) is 28.6. The molecule has 0 spiro atoms. The van der Waals surface area contributed by atoms with Gasteiger partial charge in [-0.15, -0.1) is 5.10 Å². The molecule has 138 valence electrons. The van der Waals surface area contributed by atoms with Crippen molar-refractivity contribution in [3.8, 4) is 11.1 Å². The maximum atomic E-state index is 12.9. The number of hydrogen-bond acceptors (Lipinski definition) is 6. The maximum Gasteiger partial charge on any atom is 0.290 e. The molecule has 0 radical (unpaired) electrons. The first kappa shape index (κ1) is 17.0. The predicted molar refractivity (Wildman–Crippen MR) is 94.4 cm³/mol. The van der Waals surface area contributed by atoms with E-state index in [9.17, 15) is 9.59 Å². The molecule has 1 saturated heterocycles. The van der Waals surface area contributed by atoms with Gasteiger partial charge in [-0.2, -0.15) is 0 Å². The molecule has 1 aliphatic heterocycles. The first-order valence-corrected chi connectivity index (χ1v) is 8.63. The molecule has 0 aliphatic carbocycles. The summed E-state index contributed by atoms with van der Waals surface area (Å²) in [7, 11) is 0. The van der Waals surface area contributed by atoms with Gasteiger partial charge < -0.3 is 14.2 Å². The van der Waals surface area contributed by atoms with Gasteiger partial charge in [0.1, 0.15) is 12.9 Å². The third kappa shape index (κ3) is 3.57. The van der Waals surface area contributed by atoms with Crippen molar-refractivity contribution < 1.29 is 14.0 Å². The maximum absolute atomic E-state index is 12.9. The fourth-order valence-electron chi connectivity index (χ4n) is 3.11. The Balaban J connectivity index is 1.40. The second-order valence-electron chi connectivity index (χ2n) is 6.21. The average molecular weight is 366 g/mol. The molecule has 2 amide bonds. The minimum Gasteiger partial charge on any atom is -0.459 e. The molecular weight excluding hydrogens is 348 g/mol. The molecule has 0 bridgehead atoms. The van der Waals surface area contributed by atoms with E-state index < -0.39 is 0 Å². The lowest BCUT2D eigenvalue weighted by Crippen LogP contribution is -2.51. The zero-order chi connectivity index (χ0) is 18.6. The van der Waals surface area contributed by atoms with Crippen molar-refractivity contribution >= 4 is 11.8 Å². The summed E-state index contributed by atoms with van der Waals surface area (Å²) in [6.45, 7) is 1.93. The fourth-order valence-corrected chi connectivity index (χ4v) is 3.11. The Kier molecular flexibility index (Phi) is 4.65. The number of nitrogens with zero attached hydrogens (tertiary/aromatic N) is 6. The summed E-state index contributed by atoms with van der Waals surface area (Å²) in [5, 5.41) is 10.7. The van der Waals surface area contributed by atoms with E-state index >= 15 is 0 Å². The Labute approximate surface area is 155 Å². The third-order valence-corrected chi connectivity index (χ3v) is 4.55. The molecule has 1 aliphatic rings. The van der Waals surface area contributed by atoms with E-state index in [0.717, 1.165) is 11.1 Å². The standard InChI is InChI=1S/C18H18N6O3/c25-16(12-24-13-19-20-21-24)22-7-9-23(10-8-22)18(26)17-15(6-11-27-17)14-4-2-1-3-5-14/h1-6,11,13H,7-10,12H2. The Hall–Kier alpha value is -3.49. The Morgan fingerprint density at radius 3 is 2.44 bits per heavy atom. The quantitative estimate of drug-likeness (QED) is 0.681. The monoisotopic (exact) mass is 366 g/mol. The lowest BCUT2D eigenvalue weighted by Gasteiger charge is -2.34. The molecule has 0 atom stereocenters. The van der Waals surface area contributed by atoms with E-state index in [1.54, 1.807) is 15.9 Å². The van der Waals surface area contributed by atoms with Crippen molar-refractivity contribution in [1.29, 1.82) is 0 Å². The molecule has 9 heteroatoms. The van der Waals surface area contributed by atoms with Gasteiger partial charge >= 0.3 is 0 Å². The van der Waals surface area contributed by atoms with Crippen LogP contribution < -0.4 is 0 Å². The number of rotatable bonds is 4. The van der Waals surface area contributed by atoms with Gasteiger partial charge in [-0.3, -0.25) is 9.59 Å². The minimum atomic E-state index is -0.161. The van der Waals surface area contributed by atoms with Gasteiger partial charge in [0, 0.05) is 31.7 Å². The average Bonchev–Trinajstić information content (AvgIpc) is 3.40. The summed E-state index contributed by atoms with van der Waals surface area (Å²) in [5.74, 6) is 0.0958. The molecule has 2 aromatic heterocycles. The van der Waals surface area contributed by atoms with Crippen LogP contribution in [-0.2, 0) is 11.3 Å². The van der Waals surface area contributed by atoms with Crippen molar-refractivity contribution in [2.75, 3.05) is 26.2 Å². The van der Waals surface area contributed by atoms with Crippen LogP contribution >= 0.6 is 0 Å². The number of carbonyl (C=O) groups is 2. The van der Waals surface area contributed by atoms with E-state index in [1.165, 1.54) is 17.3 Å². The van der Waals surface area contributed by atoms with Crippen LogP contribution in [0.3, 0.4) is 0 Å². The summed E-state index contributed by atoms with van der Waals surface area (Å²) >= 11 is 0. The fraction of sp³-hybridized carbons (Fsp3) is 0.278. The van der Waals surface area contributed by atoms with Gasteiger partial charge in [0.2, 0.25) is 5.91 Å². The van der Waals surface area contributed by atoms with E-state index in [-0.39, 0.29) is 18.4 Å². The Morgan fingerprint density at radius 2 is 1.74 bits per heavy atom. The minimum absolute atomic E-state index is 0.0719. The lowest BCUT2D eigenvalue weighted by molar-refractivity contribution is -0.133. The number of furan rings is 1. The highest BCUT2D eigenvalue weighted by Gasteiger charge is 2.28. The molecule has 9 nitrogen and oxygen atoms in total. The SMILES string of the molecule is O=C(Cn1cnnn1)N1CCN(C(=O)c2occc2-c2ccccc2)CC1. The second-order valence-corrected chi connectivity index (χ2v) is 6.21. The van der Waals surface area contributed by atoms with Crippen LogP contribution in [0.2, 0.25) is 0 Å². The van der Waals surface area contributed by atoms with Crippen LogP contribution in [0.25, 0.3) is 11.1 Å². The number of piperazine rings is 1. The number of amides is 2. The first-order valence-electron chi connectivity index (χ1n) is 8.63. The Bertz CT molecular complexity index is 914. The van der Waals surface area contributed by atoms with Crippen molar-refractivity contribution in [2.45, 2.75) is 6.54 Å². The zero-order valence-electron chi connectivity index (χ0n) is 14.6. The van der Waals surface area contributed by atoms with Crippen LogP contribution in [-0.4, -0.2) is 68.0 Å². The highest BCUT2D eigenvalue weighted by atomic mass is 16.3. The molecule has 3 heterocycles. The van der Waals surface area contributed by atoms with Crippen LogP contribution in [0.1, 0.15) is 10.6 Å². The van der Waals surface area contributed by atoms with E-state index in [4.69, 9.17) is 4.42 Å². The van der Waals surface area contributed by atoms with Gasteiger partial charge in [0.25, 0.3) is 5.91 Å². The van der Waals surface area contributed by atoms with Gasteiger partial charge in [-0.25, -0.2) is 4.68 Å². The normalized spacial score (nSPS) is 14.4. The molecule has 4 rings (SSSR count). The third-order valence-electron chi connectivity index (χ3n) is 4.55. The molecule has 0 saturated carbocycles. The van der Waals surface area contributed by atoms with Crippen molar-refractivity contribution in [3.05, 3.63) is 54.7 Å². The molecular formula is C18H18N6O3. The topological polar surface area (TPSA) is 97.4 Å². The largest absolute Gasteiger partial charge is 0.459 e. The number of hydrogen-bond donors (Lipinski definition) is 0. The van der Waals surface area contributed by atoms with Gasteiger partial charge in [0.15, 0.2) is 5.76 Å². The number of carbonyl (C=O) groups excluding carboxylic acids is 2. The van der Waals surface area contributed by atoms with E-state index in [0.29, 0.717) is 31.9 Å². The molecule has 0 unspecified atom stereocenters. The van der Waals surface area contributed by atoms with E-state index in [1.807, 2.05) is 30.3 Å². The number of aromatic nitrogens is 4.